The number of hydrogen-bond donors (Lipinski definition) is 2. The van der Waals surface area contributed by atoms with Gasteiger partial charge in [0.1, 0.15) is 0 Å². The average molecular weight is 417 g/mol. The lowest BCUT2D eigenvalue weighted by molar-refractivity contribution is 0.220. The molecule has 1 atom stereocenters. The fourth-order valence-corrected chi connectivity index (χ4v) is 4.38. The Morgan fingerprint density at radius 2 is 1.65 bits per heavy atom. The van der Waals surface area contributed by atoms with Crippen molar-refractivity contribution in [1.29, 1.82) is 0 Å². The predicted octanol–water partition coefficient (Wildman–Crippen LogP) is 4.54. The van der Waals surface area contributed by atoms with Crippen LogP contribution < -0.4 is 15.5 Å². The van der Waals surface area contributed by atoms with Gasteiger partial charge in [-0.2, -0.15) is 0 Å². The van der Waals surface area contributed by atoms with Crippen molar-refractivity contribution in [2.75, 3.05) is 38.6 Å². The number of nitrogens with one attached hydrogen (secondary N) is 2. The van der Waals surface area contributed by atoms with E-state index in [0.29, 0.717) is 13.1 Å². The number of carbonyl (C=O) groups excluding carboxylic acids is 1. The maximum Gasteiger partial charge on any atom is 0.315 e. The van der Waals surface area contributed by atoms with Gasteiger partial charge < -0.3 is 15.5 Å². The van der Waals surface area contributed by atoms with Crippen LogP contribution in [0.2, 0.25) is 0 Å². The number of urea groups is 1. The largest absolute Gasteiger partial charge is 0.378 e. The lowest BCUT2D eigenvalue weighted by atomic mass is 10.0. The Bertz CT molecular complexity index is 1000. The van der Waals surface area contributed by atoms with Crippen molar-refractivity contribution >= 4 is 22.5 Å². The summed E-state index contributed by atoms with van der Waals surface area (Å²) in [5, 5.41) is 8.52. The van der Waals surface area contributed by atoms with Crippen LogP contribution in [0.15, 0.2) is 66.7 Å². The molecule has 0 aliphatic carbocycles. The van der Waals surface area contributed by atoms with Gasteiger partial charge in [0, 0.05) is 32.9 Å². The summed E-state index contributed by atoms with van der Waals surface area (Å²) < 4.78 is 0. The quantitative estimate of drug-likeness (QED) is 0.594. The molecule has 1 aliphatic heterocycles. The van der Waals surface area contributed by atoms with Crippen molar-refractivity contribution in [3.8, 4) is 0 Å². The Hall–Kier alpha value is -3.05. The molecule has 1 unspecified atom stereocenters. The molecule has 2 N–H and O–H groups in total. The molecule has 0 saturated carbocycles. The summed E-state index contributed by atoms with van der Waals surface area (Å²) in [6.07, 6.45) is 2.44. The lowest BCUT2D eigenvalue weighted by Gasteiger charge is -2.28. The normalized spacial score (nSPS) is 15.0. The molecular weight excluding hydrogens is 384 g/mol. The second-order valence-electron chi connectivity index (χ2n) is 8.45. The standard InChI is InChI=1S/C26H32N4O/c1-29(2)23-14-12-21(13-15-23)25(30-16-5-6-17-30)19-28-26(31)27-18-22-10-7-9-20-8-3-4-11-24(20)22/h3-4,7-15,25H,5-6,16-19H2,1-2H3,(H2,27,28,31). The SMILES string of the molecule is CN(C)c1ccc(C(CNC(=O)NCc2cccc3ccccc23)N2CCCC2)cc1. The molecule has 1 saturated heterocycles. The first kappa shape index (κ1) is 21.2. The third kappa shape index (κ3) is 5.17. The van der Waals surface area contributed by atoms with Gasteiger partial charge in [-0.15, -0.1) is 0 Å². The molecule has 1 fully saturated rings. The van der Waals surface area contributed by atoms with E-state index in [1.165, 1.54) is 34.9 Å². The third-order valence-corrected chi connectivity index (χ3v) is 6.15. The molecule has 0 spiro atoms. The number of benzene rings is 3. The minimum atomic E-state index is -0.123. The van der Waals surface area contributed by atoms with Crippen molar-refractivity contribution in [1.82, 2.24) is 15.5 Å². The highest BCUT2D eigenvalue weighted by atomic mass is 16.2. The number of carbonyl (C=O) groups is 1. The third-order valence-electron chi connectivity index (χ3n) is 6.15. The fourth-order valence-electron chi connectivity index (χ4n) is 4.38. The topological polar surface area (TPSA) is 47.6 Å². The number of amides is 2. The van der Waals surface area contributed by atoms with Gasteiger partial charge in [-0.05, 0) is 60.0 Å². The number of anilines is 1. The molecule has 1 aliphatic rings. The van der Waals surface area contributed by atoms with Gasteiger partial charge in [0.25, 0.3) is 0 Å². The second kappa shape index (κ2) is 9.84. The molecule has 0 aromatic heterocycles. The van der Waals surface area contributed by atoms with Crippen LogP contribution in [0.5, 0.6) is 0 Å². The molecule has 5 heteroatoms. The zero-order valence-electron chi connectivity index (χ0n) is 18.5. The van der Waals surface area contributed by atoms with Crippen molar-refractivity contribution in [3.63, 3.8) is 0 Å². The molecule has 1 heterocycles. The van der Waals surface area contributed by atoms with Gasteiger partial charge in [0.05, 0.1) is 6.04 Å². The molecular formula is C26H32N4O. The van der Waals surface area contributed by atoms with Crippen LogP contribution in [-0.4, -0.2) is 44.7 Å². The summed E-state index contributed by atoms with van der Waals surface area (Å²) in [7, 11) is 4.10. The molecule has 2 amide bonds. The highest BCUT2D eigenvalue weighted by Gasteiger charge is 2.24. The Kier molecular flexibility index (Phi) is 6.73. The van der Waals surface area contributed by atoms with Crippen LogP contribution >= 0.6 is 0 Å². The summed E-state index contributed by atoms with van der Waals surface area (Å²) >= 11 is 0. The summed E-state index contributed by atoms with van der Waals surface area (Å²) in [6, 6.07) is 23.2. The zero-order chi connectivity index (χ0) is 21.6. The van der Waals surface area contributed by atoms with E-state index >= 15 is 0 Å². The van der Waals surface area contributed by atoms with E-state index in [1.807, 2.05) is 18.2 Å². The number of fused-ring (bicyclic) bond motifs is 1. The first-order chi connectivity index (χ1) is 15.1. The van der Waals surface area contributed by atoms with E-state index in [1.54, 1.807) is 0 Å². The number of nitrogens with zero attached hydrogens (tertiary/aromatic N) is 2. The van der Waals surface area contributed by atoms with Crippen LogP contribution in [0.3, 0.4) is 0 Å². The summed E-state index contributed by atoms with van der Waals surface area (Å²) in [4.78, 5) is 17.2. The van der Waals surface area contributed by atoms with Crippen LogP contribution in [0.25, 0.3) is 10.8 Å². The van der Waals surface area contributed by atoms with E-state index in [2.05, 4.69) is 83.1 Å². The summed E-state index contributed by atoms with van der Waals surface area (Å²) in [5.41, 5.74) is 3.56. The fraction of sp³-hybridized carbons (Fsp3) is 0.346. The van der Waals surface area contributed by atoms with Gasteiger partial charge in [0.2, 0.25) is 0 Å². The van der Waals surface area contributed by atoms with Crippen LogP contribution in [0.4, 0.5) is 10.5 Å². The van der Waals surface area contributed by atoms with Crippen LogP contribution in [0.1, 0.15) is 30.0 Å². The Morgan fingerprint density at radius 3 is 2.39 bits per heavy atom. The minimum Gasteiger partial charge on any atom is -0.378 e. The van der Waals surface area contributed by atoms with Crippen LogP contribution in [0, 0.1) is 0 Å². The zero-order valence-corrected chi connectivity index (χ0v) is 18.5. The minimum absolute atomic E-state index is 0.123. The Labute approximate surface area is 185 Å². The van der Waals surface area contributed by atoms with Gasteiger partial charge in [-0.1, -0.05) is 54.6 Å². The van der Waals surface area contributed by atoms with E-state index in [-0.39, 0.29) is 12.1 Å². The Morgan fingerprint density at radius 1 is 0.935 bits per heavy atom. The van der Waals surface area contributed by atoms with E-state index < -0.39 is 0 Å². The number of likely N-dealkylation sites (tertiary alicyclic amines) is 1. The van der Waals surface area contributed by atoms with E-state index in [4.69, 9.17) is 0 Å². The van der Waals surface area contributed by atoms with Gasteiger partial charge >= 0.3 is 6.03 Å². The second-order valence-corrected chi connectivity index (χ2v) is 8.45. The van der Waals surface area contributed by atoms with Crippen molar-refractivity contribution < 1.29 is 4.79 Å². The lowest BCUT2D eigenvalue weighted by Crippen LogP contribution is -2.41. The van der Waals surface area contributed by atoms with E-state index in [0.717, 1.165) is 18.7 Å². The molecule has 3 aromatic rings. The molecule has 31 heavy (non-hydrogen) atoms. The number of rotatable bonds is 7. The highest BCUT2D eigenvalue weighted by molar-refractivity contribution is 5.86. The highest BCUT2D eigenvalue weighted by Crippen LogP contribution is 2.26. The molecule has 4 rings (SSSR count). The predicted molar refractivity (Wildman–Crippen MR) is 129 cm³/mol. The van der Waals surface area contributed by atoms with Crippen molar-refractivity contribution in [2.45, 2.75) is 25.4 Å². The van der Waals surface area contributed by atoms with Gasteiger partial charge in [0.15, 0.2) is 0 Å². The molecule has 3 aromatic carbocycles. The van der Waals surface area contributed by atoms with Crippen molar-refractivity contribution in [2.24, 2.45) is 0 Å². The van der Waals surface area contributed by atoms with Crippen LogP contribution in [-0.2, 0) is 6.54 Å². The van der Waals surface area contributed by atoms with E-state index in [9.17, 15) is 4.79 Å². The first-order valence-electron chi connectivity index (χ1n) is 11.1. The molecule has 0 radical (unpaired) electrons. The van der Waals surface area contributed by atoms with Gasteiger partial charge in [-0.3, -0.25) is 4.90 Å². The summed E-state index contributed by atoms with van der Waals surface area (Å²) in [5.74, 6) is 0. The maximum atomic E-state index is 12.6. The monoisotopic (exact) mass is 416 g/mol. The molecule has 5 nitrogen and oxygen atoms in total. The maximum absolute atomic E-state index is 12.6. The smallest absolute Gasteiger partial charge is 0.315 e. The average Bonchev–Trinajstić information content (AvgIpc) is 3.32. The summed E-state index contributed by atoms with van der Waals surface area (Å²) in [6.45, 7) is 3.28. The molecule has 162 valence electrons. The molecule has 0 bridgehead atoms. The van der Waals surface area contributed by atoms with Gasteiger partial charge in [-0.25, -0.2) is 4.79 Å². The van der Waals surface area contributed by atoms with Crippen molar-refractivity contribution in [3.05, 3.63) is 77.9 Å². The Balaban J connectivity index is 1.39. The number of hydrogen-bond acceptors (Lipinski definition) is 3. The first-order valence-corrected chi connectivity index (χ1v) is 11.1.